The molecule has 2 heterocycles. The van der Waals surface area contributed by atoms with Gasteiger partial charge in [0.2, 0.25) is 0 Å². The van der Waals surface area contributed by atoms with E-state index in [-0.39, 0.29) is 35.9 Å². The molecule has 8 nitrogen and oxygen atoms in total. The SMILES string of the molecule is CCNC(=O)Nc1ccc([C@@H]2O[C@H](Cn3cnc(Cl)c3Cl)[C@H](C)[C@H](c3ccc(CO)cc3)O2)cc1. The van der Waals surface area contributed by atoms with Gasteiger partial charge in [0.15, 0.2) is 11.4 Å². The number of nitrogens with zero attached hydrogens (tertiary/aromatic N) is 2. The topological polar surface area (TPSA) is 97.6 Å². The molecule has 0 aliphatic carbocycles. The fourth-order valence-electron chi connectivity index (χ4n) is 4.05. The molecule has 0 unspecified atom stereocenters. The number of anilines is 1. The summed E-state index contributed by atoms with van der Waals surface area (Å²) in [6.07, 6.45) is 0.428. The van der Waals surface area contributed by atoms with Crippen LogP contribution in [0.5, 0.6) is 0 Å². The van der Waals surface area contributed by atoms with Gasteiger partial charge >= 0.3 is 6.03 Å². The molecular formula is C25H28Cl2N4O4. The van der Waals surface area contributed by atoms with E-state index in [0.29, 0.717) is 23.9 Å². The number of halogens is 2. The molecule has 0 radical (unpaired) electrons. The summed E-state index contributed by atoms with van der Waals surface area (Å²) in [6.45, 7) is 4.89. The highest BCUT2D eigenvalue weighted by molar-refractivity contribution is 6.40. The molecule has 2 aromatic carbocycles. The molecule has 0 bridgehead atoms. The minimum absolute atomic E-state index is 0.0216. The van der Waals surface area contributed by atoms with Gasteiger partial charge in [-0.1, -0.05) is 66.5 Å². The second-order valence-electron chi connectivity index (χ2n) is 8.41. The van der Waals surface area contributed by atoms with Gasteiger partial charge in [0.05, 0.1) is 31.7 Å². The quantitative estimate of drug-likeness (QED) is 0.393. The van der Waals surface area contributed by atoms with Crippen molar-refractivity contribution in [2.45, 2.75) is 45.5 Å². The number of imidazole rings is 1. The van der Waals surface area contributed by atoms with Crippen LogP contribution in [0, 0.1) is 5.92 Å². The van der Waals surface area contributed by atoms with Crippen molar-refractivity contribution >= 4 is 34.9 Å². The van der Waals surface area contributed by atoms with Crippen molar-refractivity contribution in [3.63, 3.8) is 0 Å². The minimum Gasteiger partial charge on any atom is -0.392 e. The summed E-state index contributed by atoms with van der Waals surface area (Å²) in [4.78, 5) is 15.9. The van der Waals surface area contributed by atoms with Gasteiger partial charge in [0.25, 0.3) is 0 Å². The molecular weight excluding hydrogens is 491 g/mol. The molecule has 35 heavy (non-hydrogen) atoms. The van der Waals surface area contributed by atoms with Gasteiger partial charge in [-0.05, 0) is 30.2 Å². The van der Waals surface area contributed by atoms with Crippen LogP contribution < -0.4 is 10.6 Å². The van der Waals surface area contributed by atoms with Crippen LogP contribution in [0.2, 0.25) is 10.3 Å². The molecule has 0 spiro atoms. The van der Waals surface area contributed by atoms with Gasteiger partial charge in [0, 0.05) is 23.7 Å². The first-order valence-electron chi connectivity index (χ1n) is 11.4. The Morgan fingerprint density at radius 3 is 2.37 bits per heavy atom. The third-order valence-electron chi connectivity index (χ3n) is 6.01. The summed E-state index contributed by atoms with van der Waals surface area (Å²) in [7, 11) is 0. The summed E-state index contributed by atoms with van der Waals surface area (Å²) < 4.78 is 14.6. The molecule has 4 atom stereocenters. The first-order valence-corrected chi connectivity index (χ1v) is 12.2. The lowest BCUT2D eigenvalue weighted by Crippen LogP contribution is -2.39. The summed E-state index contributed by atoms with van der Waals surface area (Å²) in [6, 6.07) is 14.8. The number of amides is 2. The van der Waals surface area contributed by atoms with E-state index in [9.17, 15) is 9.90 Å². The molecule has 1 saturated heterocycles. The van der Waals surface area contributed by atoms with Crippen molar-refractivity contribution in [2.75, 3.05) is 11.9 Å². The van der Waals surface area contributed by atoms with Crippen LogP contribution in [0.1, 0.15) is 42.9 Å². The molecule has 1 aliphatic rings. The molecule has 2 amide bonds. The Morgan fingerprint density at radius 2 is 1.77 bits per heavy atom. The van der Waals surface area contributed by atoms with E-state index < -0.39 is 6.29 Å². The Labute approximate surface area is 214 Å². The van der Waals surface area contributed by atoms with Gasteiger partial charge in [-0.15, -0.1) is 0 Å². The molecule has 186 valence electrons. The number of ether oxygens (including phenoxy) is 2. The Morgan fingerprint density at radius 1 is 1.09 bits per heavy atom. The molecule has 0 saturated carbocycles. The molecule has 10 heteroatoms. The first-order chi connectivity index (χ1) is 16.9. The van der Waals surface area contributed by atoms with E-state index in [1.165, 1.54) is 0 Å². The summed E-state index contributed by atoms with van der Waals surface area (Å²) in [5.41, 5.74) is 3.29. The number of aliphatic hydroxyl groups excluding tert-OH is 1. The Hall–Kier alpha value is -2.62. The number of aliphatic hydroxyl groups is 1. The molecule has 1 fully saturated rings. The van der Waals surface area contributed by atoms with Crippen LogP contribution >= 0.6 is 23.2 Å². The van der Waals surface area contributed by atoms with Gasteiger partial charge in [-0.25, -0.2) is 9.78 Å². The molecule has 4 rings (SSSR count). The van der Waals surface area contributed by atoms with E-state index in [2.05, 4.69) is 22.5 Å². The van der Waals surface area contributed by atoms with Crippen molar-refractivity contribution < 1.29 is 19.4 Å². The van der Waals surface area contributed by atoms with Crippen LogP contribution in [-0.2, 0) is 22.6 Å². The number of carbonyl (C=O) groups is 1. The maximum absolute atomic E-state index is 11.8. The summed E-state index contributed by atoms with van der Waals surface area (Å²) >= 11 is 12.4. The second kappa shape index (κ2) is 11.4. The summed E-state index contributed by atoms with van der Waals surface area (Å²) in [5, 5.41) is 15.5. The van der Waals surface area contributed by atoms with Crippen LogP contribution in [0.4, 0.5) is 10.5 Å². The average Bonchev–Trinajstić information content (AvgIpc) is 3.18. The molecule has 3 N–H and O–H groups in total. The van der Waals surface area contributed by atoms with Gasteiger partial charge in [-0.3, -0.25) is 0 Å². The maximum Gasteiger partial charge on any atom is 0.319 e. The zero-order chi connectivity index (χ0) is 24.9. The highest BCUT2D eigenvalue weighted by Crippen LogP contribution is 2.42. The predicted molar refractivity (Wildman–Crippen MR) is 134 cm³/mol. The molecule has 3 aromatic rings. The third-order valence-corrected chi connectivity index (χ3v) is 6.78. The fraction of sp³-hybridized carbons (Fsp3) is 0.360. The zero-order valence-corrected chi connectivity index (χ0v) is 21.0. The Balaban J connectivity index is 1.59. The van der Waals surface area contributed by atoms with Gasteiger partial charge < -0.3 is 29.8 Å². The van der Waals surface area contributed by atoms with E-state index in [0.717, 1.165) is 16.7 Å². The van der Waals surface area contributed by atoms with E-state index in [4.69, 9.17) is 32.7 Å². The monoisotopic (exact) mass is 518 g/mol. The normalized spacial score (nSPS) is 22.1. The molecule has 1 aliphatic heterocycles. The van der Waals surface area contributed by atoms with E-state index >= 15 is 0 Å². The van der Waals surface area contributed by atoms with Crippen molar-refractivity contribution in [1.29, 1.82) is 0 Å². The largest absolute Gasteiger partial charge is 0.392 e. The van der Waals surface area contributed by atoms with Crippen molar-refractivity contribution in [3.8, 4) is 0 Å². The van der Waals surface area contributed by atoms with Crippen LogP contribution in [-0.4, -0.2) is 33.3 Å². The minimum atomic E-state index is -0.644. The highest BCUT2D eigenvalue weighted by atomic mass is 35.5. The van der Waals surface area contributed by atoms with Crippen molar-refractivity contribution in [3.05, 3.63) is 81.9 Å². The van der Waals surface area contributed by atoms with E-state index in [1.54, 1.807) is 10.9 Å². The van der Waals surface area contributed by atoms with Crippen molar-refractivity contribution in [1.82, 2.24) is 14.9 Å². The first kappa shape index (κ1) is 25.5. The lowest BCUT2D eigenvalue weighted by molar-refractivity contribution is -0.276. The smallest absolute Gasteiger partial charge is 0.319 e. The predicted octanol–water partition coefficient (Wildman–Crippen LogP) is 5.32. The second-order valence-corrected chi connectivity index (χ2v) is 9.12. The number of nitrogens with one attached hydrogen (secondary N) is 2. The number of hydrogen-bond acceptors (Lipinski definition) is 5. The Kier molecular flexibility index (Phi) is 8.30. The fourth-order valence-corrected chi connectivity index (χ4v) is 4.37. The standard InChI is InChI=1S/C25H28Cl2N4O4/c1-3-28-25(33)30-19-10-8-18(9-11-19)24-34-20(12-31-14-29-22(26)23(31)27)15(2)21(35-24)17-6-4-16(13-32)5-7-17/h4-11,14-15,20-21,24,32H,3,12-13H2,1-2H3,(H2,28,30,33)/t15-,20+,21+,24+/m0/s1. The number of hydrogen-bond donors (Lipinski definition) is 3. The lowest BCUT2D eigenvalue weighted by Gasteiger charge is -2.41. The number of carbonyl (C=O) groups excluding carboxylic acids is 1. The lowest BCUT2D eigenvalue weighted by atomic mass is 9.90. The highest BCUT2D eigenvalue weighted by Gasteiger charge is 2.38. The molecule has 1 aromatic heterocycles. The van der Waals surface area contributed by atoms with Crippen LogP contribution in [0.15, 0.2) is 54.9 Å². The van der Waals surface area contributed by atoms with Gasteiger partial charge in [-0.2, -0.15) is 0 Å². The number of benzene rings is 2. The zero-order valence-electron chi connectivity index (χ0n) is 19.4. The third kappa shape index (κ3) is 5.97. The maximum atomic E-state index is 11.8. The van der Waals surface area contributed by atoms with Gasteiger partial charge in [0.1, 0.15) is 5.15 Å². The number of rotatable bonds is 7. The number of aromatic nitrogens is 2. The van der Waals surface area contributed by atoms with Crippen LogP contribution in [0.25, 0.3) is 0 Å². The average molecular weight is 519 g/mol. The van der Waals surface area contributed by atoms with E-state index in [1.807, 2.05) is 55.5 Å². The van der Waals surface area contributed by atoms with Crippen LogP contribution in [0.3, 0.4) is 0 Å². The number of urea groups is 1. The summed E-state index contributed by atoms with van der Waals surface area (Å²) in [5.74, 6) is -0.0258. The Bertz CT molecular complexity index is 1140. The van der Waals surface area contributed by atoms with Crippen molar-refractivity contribution in [2.24, 2.45) is 5.92 Å².